The van der Waals surface area contributed by atoms with E-state index in [4.69, 9.17) is 4.74 Å². The van der Waals surface area contributed by atoms with Crippen molar-refractivity contribution in [2.24, 2.45) is 0 Å². The molecule has 2 rings (SSSR count). The first kappa shape index (κ1) is 16.4. The van der Waals surface area contributed by atoms with E-state index in [9.17, 15) is 14.4 Å². The van der Waals surface area contributed by atoms with Crippen molar-refractivity contribution in [2.45, 2.75) is 26.5 Å². The number of carbonyl (C=O) groups is 3. The molecule has 1 atom stereocenters. The first-order valence-corrected chi connectivity index (χ1v) is 7.03. The molecule has 0 spiro atoms. The van der Waals surface area contributed by atoms with Gasteiger partial charge in [-0.2, -0.15) is 0 Å². The number of carbonyl (C=O) groups excluding carboxylic acids is 3. The molecular formula is C14H17N5O4. The van der Waals surface area contributed by atoms with Crippen LogP contribution in [-0.2, 0) is 16.1 Å². The molecule has 0 saturated carbocycles. The van der Waals surface area contributed by atoms with Crippen molar-refractivity contribution in [3.8, 4) is 0 Å². The number of nitrogens with one attached hydrogen (secondary N) is 2. The largest absolute Gasteiger partial charge is 0.449 e. The van der Waals surface area contributed by atoms with Crippen LogP contribution in [0.1, 0.15) is 24.2 Å². The fourth-order valence-electron chi connectivity index (χ4n) is 1.89. The van der Waals surface area contributed by atoms with E-state index in [0.29, 0.717) is 12.1 Å². The van der Waals surface area contributed by atoms with E-state index in [1.807, 2.05) is 12.2 Å². The highest BCUT2D eigenvalue weighted by Gasteiger charge is 2.21. The van der Waals surface area contributed by atoms with Gasteiger partial charge in [0.05, 0.1) is 11.1 Å². The van der Waals surface area contributed by atoms with Crippen LogP contribution < -0.4 is 10.6 Å². The molecule has 9 heteroatoms. The minimum absolute atomic E-state index is 0.250. The first-order chi connectivity index (χ1) is 11.0. The quantitative estimate of drug-likeness (QED) is 0.791. The standard InChI is InChI=1S/C14H17N5O4/c1-4-19-11-6-5-9(7-10(11)17-18-19)13(21)23-8(2)12(20)16-14(22)15-3/h5-8H,4H2,1-3H3,(H2,15,16,20,22)/t8-/m1/s1. The Morgan fingerprint density at radius 1 is 1.35 bits per heavy atom. The van der Waals surface area contributed by atoms with Crippen LogP contribution in [0.2, 0.25) is 0 Å². The second-order valence-corrected chi connectivity index (χ2v) is 4.72. The average molecular weight is 319 g/mol. The molecule has 23 heavy (non-hydrogen) atoms. The molecule has 0 aliphatic heterocycles. The summed E-state index contributed by atoms with van der Waals surface area (Å²) in [6, 6.07) is 4.16. The van der Waals surface area contributed by atoms with Gasteiger partial charge in [-0.1, -0.05) is 5.21 Å². The topological polar surface area (TPSA) is 115 Å². The maximum atomic E-state index is 12.1. The van der Waals surface area contributed by atoms with E-state index < -0.39 is 24.0 Å². The summed E-state index contributed by atoms with van der Waals surface area (Å²) in [6.45, 7) is 3.97. The average Bonchev–Trinajstić information content (AvgIpc) is 2.96. The summed E-state index contributed by atoms with van der Waals surface area (Å²) in [5.74, 6) is -1.40. The number of hydrogen-bond acceptors (Lipinski definition) is 6. The summed E-state index contributed by atoms with van der Waals surface area (Å²) < 4.78 is 6.74. The number of fused-ring (bicyclic) bond motifs is 1. The van der Waals surface area contributed by atoms with Gasteiger partial charge in [0.15, 0.2) is 6.10 Å². The van der Waals surface area contributed by atoms with Gasteiger partial charge in [0.1, 0.15) is 5.52 Å². The number of nitrogens with zero attached hydrogens (tertiary/aromatic N) is 3. The molecule has 0 aliphatic rings. The van der Waals surface area contributed by atoms with Crippen LogP contribution in [0.3, 0.4) is 0 Å². The summed E-state index contributed by atoms with van der Waals surface area (Å²) in [7, 11) is 1.37. The lowest BCUT2D eigenvalue weighted by molar-refractivity contribution is -0.127. The molecule has 2 N–H and O–H groups in total. The molecule has 0 unspecified atom stereocenters. The molecule has 1 aromatic heterocycles. The number of aryl methyl sites for hydroxylation is 1. The SMILES string of the molecule is CCn1nnc2cc(C(=O)O[C@H](C)C(=O)NC(=O)NC)ccc21. The zero-order chi connectivity index (χ0) is 17.0. The molecule has 3 amide bonds. The number of benzene rings is 1. The highest BCUT2D eigenvalue weighted by atomic mass is 16.5. The number of esters is 1. The minimum Gasteiger partial charge on any atom is -0.449 e. The van der Waals surface area contributed by atoms with Crippen molar-refractivity contribution in [2.75, 3.05) is 7.05 Å². The lowest BCUT2D eigenvalue weighted by Gasteiger charge is -2.12. The Kier molecular flexibility index (Phi) is 4.89. The Bertz CT molecular complexity index is 755. The zero-order valence-corrected chi connectivity index (χ0v) is 13.0. The fourth-order valence-corrected chi connectivity index (χ4v) is 1.89. The predicted molar refractivity (Wildman–Crippen MR) is 80.7 cm³/mol. The Morgan fingerprint density at radius 2 is 2.09 bits per heavy atom. The van der Waals surface area contributed by atoms with Gasteiger partial charge >= 0.3 is 12.0 Å². The number of ether oxygens (including phenoxy) is 1. The van der Waals surface area contributed by atoms with Crippen LogP contribution in [0.25, 0.3) is 11.0 Å². The van der Waals surface area contributed by atoms with Gasteiger partial charge < -0.3 is 10.1 Å². The van der Waals surface area contributed by atoms with Gasteiger partial charge in [-0.15, -0.1) is 5.10 Å². The van der Waals surface area contributed by atoms with E-state index >= 15 is 0 Å². The van der Waals surface area contributed by atoms with Gasteiger partial charge in [0, 0.05) is 13.6 Å². The Hall–Kier alpha value is -2.97. The first-order valence-electron chi connectivity index (χ1n) is 7.03. The van der Waals surface area contributed by atoms with Crippen molar-refractivity contribution in [1.82, 2.24) is 25.6 Å². The summed E-state index contributed by atoms with van der Waals surface area (Å²) >= 11 is 0. The van der Waals surface area contributed by atoms with Gasteiger partial charge in [0.25, 0.3) is 5.91 Å². The van der Waals surface area contributed by atoms with Crippen molar-refractivity contribution in [1.29, 1.82) is 0 Å². The van der Waals surface area contributed by atoms with E-state index in [-0.39, 0.29) is 5.56 Å². The van der Waals surface area contributed by atoms with E-state index in [2.05, 4.69) is 15.6 Å². The molecular weight excluding hydrogens is 302 g/mol. The third-order valence-corrected chi connectivity index (χ3v) is 3.17. The molecule has 0 aliphatic carbocycles. The molecule has 0 fully saturated rings. The Balaban J connectivity index is 2.08. The number of aromatic nitrogens is 3. The molecule has 122 valence electrons. The van der Waals surface area contributed by atoms with Gasteiger partial charge in [-0.3, -0.25) is 10.1 Å². The van der Waals surface area contributed by atoms with Crippen molar-refractivity contribution < 1.29 is 19.1 Å². The van der Waals surface area contributed by atoms with E-state index in [1.165, 1.54) is 14.0 Å². The number of hydrogen-bond donors (Lipinski definition) is 2. The van der Waals surface area contributed by atoms with Gasteiger partial charge in [0.2, 0.25) is 0 Å². The molecule has 1 aromatic carbocycles. The van der Waals surface area contributed by atoms with E-state index in [0.717, 1.165) is 5.52 Å². The van der Waals surface area contributed by atoms with Crippen LogP contribution in [-0.4, -0.2) is 46.1 Å². The molecule has 0 radical (unpaired) electrons. The third-order valence-electron chi connectivity index (χ3n) is 3.17. The monoisotopic (exact) mass is 319 g/mol. The summed E-state index contributed by atoms with van der Waals surface area (Å²) in [4.78, 5) is 34.8. The van der Waals surface area contributed by atoms with E-state index in [1.54, 1.807) is 22.9 Å². The Morgan fingerprint density at radius 3 is 2.74 bits per heavy atom. The smallest absolute Gasteiger partial charge is 0.338 e. The second-order valence-electron chi connectivity index (χ2n) is 4.72. The predicted octanol–water partition coefficient (Wildman–Crippen LogP) is 0.452. The fraction of sp³-hybridized carbons (Fsp3) is 0.357. The van der Waals surface area contributed by atoms with Crippen LogP contribution in [0.5, 0.6) is 0 Å². The normalized spacial score (nSPS) is 11.8. The molecule has 0 saturated heterocycles. The number of imide groups is 1. The van der Waals surface area contributed by atoms with Crippen LogP contribution >= 0.6 is 0 Å². The highest BCUT2D eigenvalue weighted by Crippen LogP contribution is 2.14. The minimum atomic E-state index is -1.11. The maximum Gasteiger partial charge on any atom is 0.338 e. The second kappa shape index (κ2) is 6.86. The molecule has 0 bridgehead atoms. The number of urea groups is 1. The van der Waals surface area contributed by atoms with Crippen LogP contribution in [0.4, 0.5) is 4.79 Å². The third kappa shape index (κ3) is 3.62. The molecule has 1 heterocycles. The van der Waals surface area contributed by atoms with Crippen molar-refractivity contribution in [3.05, 3.63) is 23.8 Å². The van der Waals surface area contributed by atoms with Crippen molar-refractivity contribution >= 4 is 28.9 Å². The van der Waals surface area contributed by atoms with Gasteiger partial charge in [-0.25, -0.2) is 14.3 Å². The summed E-state index contributed by atoms with van der Waals surface area (Å²) in [6.07, 6.45) is -1.11. The van der Waals surface area contributed by atoms with Crippen molar-refractivity contribution in [3.63, 3.8) is 0 Å². The molecule has 9 nitrogen and oxygen atoms in total. The highest BCUT2D eigenvalue weighted by molar-refractivity contribution is 5.99. The zero-order valence-electron chi connectivity index (χ0n) is 13.0. The number of rotatable bonds is 4. The maximum absolute atomic E-state index is 12.1. The lowest BCUT2D eigenvalue weighted by atomic mass is 10.2. The molecule has 2 aromatic rings. The lowest BCUT2D eigenvalue weighted by Crippen LogP contribution is -2.43. The van der Waals surface area contributed by atoms with Crippen LogP contribution in [0, 0.1) is 0 Å². The van der Waals surface area contributed by atoms with Gasteiger partial charge in [-0.05, 0) is 32.0 Å². The number of amides is 3. The van der Waals surface area contributed by atoms with Crippen LogP contribution in [0.15, 0.2) is 18.2 Å². The Labute approximate surface area is 132 Å². The summed E-state index contributed by atoms with van der Waals surface area (Å²) in [5, 5.41) is 12.2. The summed E-state index contributed by atoms with van der Waals surface area (Å²) in [5.41, 5.74) is 1.61.